The minimum absolute atomic E-state index is 0.553. The normalized spacial score (nSPS) is 9.42. The Labute approximate surface area is 73.7 Å². The van der Waals surface area contributed by atoms with Gasteiger partial charge in [-0.25, -0.2) is 0 Å². The zero-order valence-corrected chi connectivity index (χ0v) is 7.12. The first kappa shape index (κ1) is 8.85. The fraction of sp³-hybridized carbons (Fsp3) is 0.182. The fourth-order valence-corrected chi connectivity index (χ4v) is 1.000. The van der Waals surface area contributed by atoms with Gasteiger partial charge in [0.1, 0.15) is 12.4 Å². The van der Waals surface area contributed by atoms with Crippen LogP contribution < -0.4 is 4.74 Å². The van der Waals surface area contributed by atoms with Crippen LogP contribution in [0.25, 0.3) is 0 Å². The van der Waals surface area contributed by atoms with Crippen LogP contribution in [-0.4, -0.2) is 6.61 Å². The molecule has 1 heteroatoms. The average molecular weight is 161 g/mol. The van der Waals surface area contributed by atoms with Crippen LogP contribution >= 0.6 is 0 Å². The van der Waals surface area contributed by atoms with E-state index in [0.717, 1.165) is 17.7 Å². The van der Waals surface area contributed by atoms with Gasteiger partial charge in [0, 0.05) is 0 Å². The van der Waals surface area contributed by atoms with Crippen molar-refractivity contribution in [2.75, 3.05) is 6.61 Å². The van der Waals surface area contributed by atoms with Crippen molar-refractivity contribution in [3.05, 3.63) is 49.4 Å². The molecule has 0 aliphatic heterocycles. The second kappa shape index (κ2) is 4.60. The number of ether oxygens (including phenoxy) is 1. The van der Waals surface area contributed by atoms with E-state index in [-0.39, 0.29) is 0 Å². The molecule has 0 saturated carbocycles. The van der Waals surface area contributed by atoms with Gasteiger partial charge in [-0.15, -0.1) is 0 Å². The van der Waals surface area contributed by atoms with E-state index in [2.05, 4.69) is 13.5 Å². The van der Waals surface area contributed by atoms with Crippen molar-refractivity contribution < 1.29 is 4.74 Å². The van der Waals surface area contributed by atoms with Gasteiger partial charge in [-0.3, -0.25) is 0 Å². The molecule has 0 amide bonds. The first-order valence-corrected chi connectivity index (χ1v) is 3.99. The SMILES string of the molecule is [CH2]Cc1ccccc1OCC=C. The van der Waals surface area contributed by atoms with Crippen LogP contribution in [0.5, 0.6) is 5.75 Å². The third kappa shape index (κ3) is 2.12. The molecule has 0 unspecified atom stereocenters. The molecule has 0 fully saturated rings. The molecule has 1 aromatic rings. The standard InChI is InChI=1S/C11H13O/c1-3-9-12-11-8-6-5-7-10(11)4-2/h3,5-8H,1-2,4,9H2. The zero-order chi connectivity index (χ0) is 8.81. The predicted molar refractivity (Wildman–Crippen MR) is 51.2 cm³/mol. The lowest BCUT2D eigenvalue weighted by Crippen LogP contribution is -1.96. The van der Waals surface area contributed by atoms with E-state index in [1.54, 1.807) is 6.08 Å². The van der Waals surface area contributed by atoms with Gasteiger partial charge in [-0.05, 0) is 25.0 Å². The fourth-order valence-electron chi connectivity index (χ4n) is 1.000. The molecule has 0 bridgehead atoms. The highest BCUT2D eigenvalue weighted by atomic mass is 16.5. The molecule has 0 atom stereocenters. The molecule has 0 heterocycles. The maximum Gasteiger partial charge on any atom is 0.122 e. The summed E-state index contributed by atoms with van der Waals surface area (Å²) in [6, 6.07) is 7.91. The van der Waals surface area contributed by atoms with Crippen LogP contribution in [0.15, 0.2) is 36.9 Å². The molecule has 0 spiro atoms. The van der Waals surface area contributed by atoms with Gasteiger partial charge in [0.15, 0.2) is 0 Å². The van der Waals surface area contributed by atoms with E-state index in [9.17, 15) is 0 Å². The highest BCUT2D eigenvalue weighted by Crippen LogP contribution is 2.17. The lowest BCUT2D eigenvalue weighted by Gasteiger charge is -2.07. The van der Waals surface area contributed by atoms with Crippen LogP contribution in [0.3, 0.4) is 0 Å². The molecule has 1 radical (unpaired) electrons. The lowest BCUT2D eigenvalue weighted by atomic mass is 10.1. The third-order valence-electron chi connectivity index (χ3n) is 1.60. The molecule has 0 N–H and O–H groups in total. The van der Waals surface area contributed by atoms with Crippen molar-refractivity contribution >= 4 is 0 Å². The summed E-state index contributed by atoms with van der Waals surface area (Å²) in [6.45, 7) is 7.96. The van der Waals surface area contributed by atoms with Crippen LogP contribution in [0.2, 0.25) is 0 Å². The second-order valence-electron chi connectivity index (χ2n) is 2.46. The van der Waals surface area contributed by atoms with E-state index < -0.39 is 0 Å². The number of para-hydroxylation sites is 1. The summed E-state index contributed by atoms with van der Waals surface area (Å²) in [5.41, 5.74) is 1.14. The Morgan fingerprint density at radius 3 is 2.75 bits per heavy atom. The summed E-state index contributed by atoms with van der Waals surface area (Å²) in [6.07, 6.45) is 2.49. The Hall–Kier alpha value is -1.24. The number of benzene rings is 1. The van der Waals surface area contributed by atoms with Crippen molar-refractivity contribution in [3.8, 4) is 5.75 Å². The Morgan fingerprint density at radius 2 is 2.08 bits per heavy atom. The summed E-state index contributed by atoms with van der Waals surface area (Å²) in [5, 5.41) is 0. The molecule has 1 aromatic carbocycles. The number of rotatable bonds is 4. The largest absolute Gasteiger partial charge is 0.489 e. The molecule has 63 valence electrons. The van der Waals surface area contributed by atoms with Crippen LogP contribution in [-0.2, 0) is 6.42 Å². The van der Waals surface area contributed by atoms with Gasteiger partial charge in [0.25, 0.3) is 0 Å². The Morgan fingerprint density at radius 1 is 1.33 bits per heavy atom. The summed E-state index contributed by atoms with van der Waals surface area (Å²) < 4.78 is 5.42. The molecule has 12 heavy (non-hydrogen) atoms. The Kier molecular flexibility index (Phi) is 3.39. The number of hydrogen-bond acceptors (Lipinski definition) is 1. The molecule has 1 rings (SSSR count). The summed E-state index contributed by atoms with van der Waals surface area (Å²) in [7, 11) is 0. The maximum absolute atomic E-state index is 5.42. The molecule has 0 saturated heterocycles. The molecular formula is C11H13O. The zero-order valence-electron chi connectivity index (χ0n) is 7.12. The van der Waals surface area contributed by atoms with Gasteiger partial charge in [-0.1, -0.05) is 30.9 Å². The van der Waals surface area contributed by atoms with Crippen molar-refractivity contribution in [1.82, 2.24) is 0 Å². The minimum atomic E-state index is 0.553. The second-order valence-corrected chi connectivity index (χ2v) is 2.46. The van der Waals surface area contributed by atoms with Gasteiger partial charge < -0.3 is 4.74 Å². The predicted octanol–water partition coefficient (Wildman–Crippen LogP) is 2.63. The third-order valence-corrected chi connectivity index (χ3v) is 1.60. The quantitative estimate of drug-likeness (QED) is 0.617. The average Bonchev–Trinajstić information content (AvgIpc) is 2.15. The molecule has 0 aliphatic carbocycles. The Bertz CT molecular complexity index is 253. The van der Waals surface area contributed by atoms with Gasteiger partial charge in [0.2, 0.25) is 0 Å². The first-order valence-electron chi connectivity index (χ1n) is 3.99. The van der Waals surface area contributed by atoms with Crippen molar-refractivity contribution in [2.45, 2.75) is 6.42 Å². The minimum Gasteiger partial charge on any atom is -0.489 e. The summed E-state index contributed by atoms with van der Waals surface area (Å²) in [5.74, 6) is 0.910. The molecule has 1 nitrogen and oxygen atoms in total. The van der Waals surface area contributed by atoms with Crippen molar-refractivity contribution in [3.63, 3.8) is 0 Å². The van der Waals surface area contributed by atoms with Crippen LogP contribution in [0, 0.1) is 6.92 Å². The monoisotopic (exact) mass is 161 g/mol. The van der Waals surface area contributed by atoms with E-state index in [1.165, 1.54) is 0 Å². The van der Waals surface area contributed by atoms with E-state index in [1.807, 2.05) is 24.3 Å². The Balaban J connectivity index is 2.74. The van der Waals surface area contributed by atoms with E-state index in [0.29, 0.717) is 6.61 Å². The van der Waals surface area contributed by atoms with Gasteiger partial charge in [-0.2, -0.15) is 0 Å². The molecule has 0 aliphatic rings. The van der Waals surface area contributed by atoms with E-state index in [4.69, 9.17) is 4.74 Å². The van der Waals surface area contributed by atoms with Crippen molar-refractivity contribution in [1.29, 1.82) is 0 Å². The van der Waals surface area contributed by atoms with Gasteiger partial charge >= 0.3 is 0 Å². The first-order chi connectivity index (χ1) is 5.88. The summed E-state index contributed by atoms with van der Waals surface area (Å²) >= 11 is 0. The summed E-state index contributed by atoms with van der Waals surface area (Å²) in [4.78, 5) is 0. The lowest BCUT2D eigenvalue weighted by molar-refractivity contribution is 0.360. The topological polar surface area (TPSA) is 9.23 Å². The smallest absolute Gasteiger partial charge is 0.122 e. The van der Waals surface area contributed by atoms with E-state index >= 15 is 0 Å². The van der Waals surface area contributed by atoms with Crippen molar-refractivity contribution in [2.24, 2.45) is 0 Å². The highest BCUT2D eigenvalue weighted by Gasteiger charge is 1.97. The highest BCUT2D eigenvalue weighted by molar-refractivity contribution is 5.33. The molecule has 0 aromatic heterocycles. The van der Waals surface area contributed by atoms with Crippen LogP contribution in [0.1, 0.15) is 5.56 Å². The number of hydrogen-bond donors (Lipinski definition) is 0. The van der Waals surface area contributed by atoms with Gasteiger partial charge in [0.05, 0.1) is 0 Å². The molecular weight excluding hydrogens is 148 g/mol. The van der Waals surface area contributed by atoms with Crippen LogP contribution in [0.4, 0.5) is 0 Å². The maximum atomic E-state index is 5.42.